The maximum atomic E-state index is 13.1. The number of benzene rings is 1. The van der Waals surface area contributed by atoms with E-state index in [-0.39, 0.29) is 10.7 Å². The maximum absolute atomic E-state index is 13.1. The first-order valence-electron chi connectivity index (χ1n) is 10.3. The third kappa shape index (κ3) is 4.18. The lowest BCUT2D eigenvalue weighted by atomic mass is 9.96. The molecule has 9 nitrogen and oxygen atoms in total. The number of fused-ring (bicyclic) bond motifs is 1. The quantitative estimate of drug-likeness (QED) is 0.271. The topological polar surface area (TPSA) is 121 Å². The van der Waals surface area contributed by atoms with E-state index in [2.05, 4.69) is 10.3 Å². The number of nitrogens with zero attached hydrogens (tertiary/aromatic N) is 2. The highest BCUT2D eigenvalue weighted by Crippen LogP contribution is 2.39. The van der Waals surface area contributed by atoms with E-state index >= 15 is 0 Å². The third-order valence-electron chi connectivity index (χ3n) is 5.43. The number of methoxy groups -OCH3 is 2. The van der Waals surface area contributed by atoms with Crippen molar-refractivity contribution in [3.8, 4) is 11.4 Å². The van der Waals surface area contributed by atoms with Gasteiger partial charge in [-0.3, -0.25) is 4.52 Å². The Hall–Kier alpha value is -3.40. The Morgan fingerprint density at radius 1 is 1.16 bits per heavy atom. The monoisotopic (exact) mass is 457 g/mol. The standard InChI is InChI=1S/C22H23N3O6S/c1-29-14-11-9-13(10-12-14)25-18(22(28)31-24-25)19(26)23-20-17(21(27)30-2)15-7-5-3-4-6-8-16(15)32-20/h9-12H,3-8H2,1-2H3,(H-,23,24,26,27,28). The third-order valence-corrected chi connectivity index (χ3v) is 6.61. The average Bonchev–Trinajstić information content (AvgIpc) is 3.33. The molecule has 0 fully saturated rings. The van der Waals surface area contributed by atoms with Crippen molar-refractivity contribution in [1.82, 2.24) is 5.27 Å². The number of aryl methyl sites for hydroxylation is 1. The number of aromatic nitrogens is 2. The molecule has 3 aromatic rings. The summed E-state index contributed by atoms with van der Waals surface area (Å²) in [5, 5.41) is 15.8. The first-order chi connectivity index (χ1) is 15.5. The molecule has 0 aliphatic heterocycles. The molecular formula is C22H23N3O6S. The van der Waals surface area contributed by atoms with Gasteiger partial charge in [0.2, 0.25) is 5.69 Å². The van der Waals surface area contributed by atoms with E-state index in [1.54, 1.807) is 31.4 Å². The number of esters is 1. The van der Waals surface area contributed by atoms with Crippen molar-refractivity contribution in [2.45, 2.75) is 38.5 Å². The number of ether oxygens (including phenoxy) is 2. The van der Waals surface area contributed by atoms with Crippen molar-refractivity contribution in [2.75, 3.05) is 14.2 Å². The van der Waals surface area contributed by atoms with E-state index in [0.717, 1.165) is 49.0 Å². The maximum Gasteiger partial charge on any atom is 0.436 e. The Kier molecular flexibility index (Phi) is 6.40. The van der Waals surface area contributed by atoms with Crippen LogP contribution in [0.3, 0.4) is 0 Å². The van der Waals surface area contributed by atoms with Gasteiger partial charge in [0, 0.05) is 17.0 Å². The summed E-state index contributed by atoms with van der Waals surface area (Å²) in [6, 6.07) is 6.71. The molecule has 32 heavy (non-hydrogen) atoms. The van der Waals surface area contributed by atoms with Gasteiger partial charge in [0.15, 0.2) is 0 Å². The van der Waals surface area contributed by atoms with Gasteiger partial charge in [0.1, 0.15) is 10.8 Å². The number of rotatable bonds is 5. The van der Waals surface area contributed by atoms with Crippen LogP contribution in [0, 0.1) is 0 Å². The minimum absolute atomic E-state index is 0.260. The van der Waals surface area contributed by atoms with Crippen molar-refractivity contribution < 1.29 is 28.6 Å². The minimum atomic E-state index is -0.857. The van der Waals surface area contributed by atoms with Gasteiger partial charge in [0.05, 0.1) is 25.7 Å². The second-order valence-corrected chi connectivity index (χ2v) is 8.45. The van der Waals surface area contributed by atoms with Crippen LogP contribution in [0.1, 0.15) is 52.2 Å². The lowest BCUT2D eigenvalue weighted by Gasteiger charge is -2.10. The number of thiophene rings is 1. The van der Waals surface area contributed by atoms with Crippen LogP contribution in [-0.2, 0) is 17.6 Å². The van der Waals surface area contributed by atoms with Gasteiger partial charge < -0.3 is 14.6 Å². The predicted molar refractivity (Wildman–Crippen MR) is 115 cm³/mol. The van der Waals surface area contributed by atoms with Crippen LogP contribution in [0.2, 0.25) is 0 Å². The molecule has 0 spiro atoms. The van der Waals surface area contributed by atoms with E-state index in [4.69, 9.17) is 14.0 Å². The number of aliphatic imine (C=N–C) groups is 1. The molecule has 0 amide bonds. The van der Waals surface area contributed by atoms with Crippen LogP contribution >= 0.6 is 11.3 Å². The highest BCUT2D eigenvalue weighted by molar-refractivity contribution is 7.16. The number of hydrogen-bond acceptors (Lipinski definition) is 8. The second kappa shape index (κ2) is 9.39. The van der Waals surface area contributed by atoms with E-state index < -0.39 is 17.5 Å². The first-order valence-corrected chi connectivity index (χ1v) is 11.1. The summed E-state index contributed by atoms with van der Waals surface area (Å²) in [6.07, 6.45) is 5.75. The van der Waals surface area contributed by atoms with Gasteiger partial charge in [-0.15, -0.1) is 11.3 Å². The zero-order valence-electron chi connectivity index (χ0n) is 17.8. The molecule has 10 heteroatoms. The van der Waals surface area contributed by atoms with Crippen molar-refractivity contribution in [3.05, 3.63) is 56.4 Å². The predicted octanol–water partition coefficient (Wildman–Crippen LogP) is 2.20. The summed E-state index contributed by atoms with van der Waals surface area (Å²) in [7, 11) is 2.85. The van der Waals surface area contributed by atoms with Crippen LogP contribution in [0.5, 0.6) is 5.75 Å². The Morgan fingerprint density at radius 2 is 1.88 bits per heavy atom. The molecule has 0 saturated carbocycles. The summed E-state index contributed by atoms with van der Waals surface area (Å²) in [6.45, 7) is 0. The molecular weight excluding hydrogens is 434 g/mol. The fourth-order valence-corrected chi connectivity index (χ4v) is 5.05. The molecule has 4 rings (SSSR count). The molecule has 0 atom stereocenters. The number of aromatic amines is 1. The molecule has 168 valence electrons. The van der Waals surface area contributed by atoms with Crippen LogP contribution in [0.15, 0.2) is 38.6 Å². The number of carbonyl (C=O) groups is 1. The highest BCUT2D eigenvalue weighted by Gasteiger charge is 2.27. The van der Waals surface area contributed by atoms with Gasteiger partial charge >= 0.3 is 17.3 Å². The Labute approximate surface area is 187 Å². The molecule has 1 N–H and O–H groups in total. The molecule has 0 unspecified atom stereocenters. The number of hydrogen-bond donors (Lipinski definition) is 1. The van der Waals surface area contributed by atoms with Gasteiger partial charge in [-0.05, 0) is 53.3 Å². The number of H-pyrrole nitrogens is 1. The second-order valence-electron chi connectivity index (χ2n) is 7.37. The van der Waals surface area contributed by atoms with Gasteiger partial charge in [-0.2, -0.15) is 0 Å². The number of nitrogens with one attached hydrogen (secondary N) is 1. The minimum Gasteiger partial charge on any atom is -0.854 e. The summed E-state index contributed by atoms with van der Waals surface area (Å²) >= 11 is 1.31. The van der Waals surface area contributed by atoms with Gasteiger partial charge in [-0.1, -0.05) is 12.8 Å². The zero-order chi connectivity index (χ0) is 22.7. The fourth-order valence-electron chi connectivity index (χ4n) is 3.81. The number of carbonyl (C=O) groups excluding carboxylic acids is 1. The van der Waals surface area contributed by atoms with Crippen molar-refractivity contribution in [2.24, 2.45) is 4.99 Å². The molecule has 1 aliphatic rings. The summed E-state index contributed by atoms with van der Waals surface area (Å²) in [5.41, 5.74) is 0.550. The smallest absolute Gasteiger partial charge is 0.436 e. The first kappa shape index (κ1) is 21.8. The molecule has 0 saturated heterocycles. The summed E-state index contributed by atoms with van der Waals surface area (Å²) in [5.74, 6) is -0.717. The van der Waals surface area contributed by atoms with Gasteiger partial charge in [0.25, 0.3) is 0 Å². The zero-order valence-corrected chi connectivity index (χ0v) is 18.6. The highest BCUT2D eigenvalue weighted by atomic mass is 32.1. The Morgan fingerprint density at radius 3 is 2.56 bits per heavy atom. The van der Waals surface area contributed by atoms with Gasteiger partial charge in [-0.25, -0.2) is 14.6 Å². The van der Waals surface area contributed by atoms with E-state index in [9.17, 15) is 14.7 Å². The molecule has 2 aromatic heterocycles. The lowest BCUT2D eigenvalue weighted by Crippen LogP contribution is -2.44. The van der Waals surface area contributed by atoms with E-state index in [0.29, 0.717) is 17.0 Å². The molecule has 0 bridgehead atoms. The summed E-state index contributed by atoms with van der Waals surface area (Å²) in [4.78, 5) is 30.1. The largest absolute Gasteiger partial charge is 0.854 e. The Balaban J connectivity index is 1.80. The summed E-state index contributed by atoms with van der Waals surface area (Å²) < 4.78 is 16.2. The average molecular weight is 458 g/mol. The Bertz CT molecular complexity index is 1210. The van der Waals surface area contributed by atoms with Crippen molar-refractivity contribution in [1.29, 1.82) is 0 Å². The lowest BCUT2D eigenvalue weighted by molar-refractivity contribution is -0.673. The molecule has 1 aromatic carbocycles. The fraction of sp³-hybridized carbons (Fsp3) is 0.364. The van der Waals surface area contributed by atoms with Crippen molar-refractivity contribution >= 4 is 28.2 Å². The van der Waals surface area contributed by atoms with Crippen LogP contribution < -0.4 is 20.2 Å². The van der Waals surface area contributed by atoms with E-state index in [1.807, 2.05) is 0 Å². The molecule has 0 radical (unpaired) electrons. The van der Waals surface area contributed by atoms with Crippen LogP contribution in [-0.4, -0.2) is 31.4 Å². The van der Waals surface area contributed by atoms with Crippen molar-refractivity contribution in [3.63, 3.8) is 0 Å². The van der Waals surface area contributed by atoms with Crippen LogP contribution in [0.4, 0.5) is 5.00 Å². The molecule has 2 heterocycles. The SMILES string of the molecule is COC(=O)c1c(/N=C(\[O-])c2c(=O)o[nH][n+]2-c2ccc(OC)cc2)sc2c1CCCCCC2. The van der Waals surface area contributed by atoms with E-state index in [1.165, 1.54) is 23.1 Å². The van der Waals surface area contributed by atoms with Crippen LogP contribution in [0.25, 0.3) is 5.69 Å². The molecule has 1 aliphatic carbocycles. The normalized spacial score (nSPS) is 14.4.